The number of aromatic nitrogens is 1. The van der Waals surface area contributed by atoms with E-state index in [-0.39, 0.29) is 16.8 Å². The van der Waals surface area contributed by atoms with E-state index in [4.69, 9.17) is 4.74 Å². The Morgan fingerprint density at radius 3 is 2.54 bits per heavy atom. The van der Waals surface area contributed by atoms with Crippen molar-refractivity contribution in [1.82, 2.24) is 4.98 Å². The molecule has 0 saturated heterocycles. The summed E-state index contributed by atoms with van der Waals surface area (Å²) in [7, 11) is 0. The molecule has 0 saturated carbocycles. The molecule has 1 aliphatic rings. The minimum absolute atomic E-state index is 0.178. The van der Waals surface area contributed by atoms with Crippen molar-refractivity contribution < 1.29 is 9.53 Å². The number of esters is 1. The van der Waals surface area contributed by atoms with Gasteiger partial charge in [0, 0.05) is 6.20 Å². The summed E-state index contributed by atoms with van der Waals surface area (Å²) in [4.78, 5) is 15.8. The summed E-state index contributed by atoms with van der Waals surface area (Å²) in [6.07, 6.45) is 7.96. The quantitative estimate of drug-likeness (QED) is 0.546. The van der Waals surface area contributed by atoms with Crippen LogP contribution in [0.3, 0.4) is 0 Å². The van der Waals surface area contributed by atoms with Gasteiger partial charge in [-0.05, 0) is 67.2 Å². The van der Waals surface area contributed by atoms with Crippen LogP contribution in [0.5, 0.6) is 0 Å². The largest absolute Gasteiger partial charge is 0.462 e. The zero-order chi connectivity index (χ0) is 19.4. The molecule has 0 N–H and O–H groups in total. The zero-order valence-electron chi connectivity index (χ0n) is 16.8. The topological polar surface area (TPSA) is 39.2 Å². The van der Waals surface area contributed by atoms with Gasteiger partial charge >= 0.3 is 5.97 Å². The number of hydrogen-bond acceptors (Lipinski definition) is 3. The number of carbonyl (C=O) groups excluding carboxylic acids is 1. The summed E-state index contributed by atoms with van der Waals surface area (Å²) in [5, 5.41) is 0. The van der Waals surface area contributed by atoms with Crippen molar-refractivity contribution in [2.75, 3.05) is 6.61 Å². The fraction of sp³-hybridized carbons (Fsp3) is 0.478. The normalized spacial score (nSPS) is 18.4. The van der Waals surface area contributed by atoms with Crippen LogP contribution in [0.25, 0.3) is 0 Å². The lowest BCUT2D eigenvalue weighted by atomic mass is 9.63. The van der Waals surface area contributed by atoms with Crippen LogP contribution in [0, 0.1) is 22.7 Å². The first kappa shape index (κ1) is 20.0. The first-order valence-corrected chi connectivity index (χ1v) is 9.20. The molecule has 2 rings (SSSR count). The zero-order valence-corrected chi connectivity index (χ0v) is 16.8. The number of allylic oxidation sites excluding steroid dienone is 4. The van der Waals surface area contributed by atoms with Crippen molar-refractivity contribution in [3.8, 4) is 11.8 Å². The summed E-state index contributed by atoms with van der Waals surface area (Å²) >= 11 is 0. The molecule has 0 unspecified atom stereocenters. The van der Waals surface area contributed by atoms with E-state index in [9.17, 15) is 4.79 Å². The third kappa shape index (κ3) is 4.64. The van der Waals surface area contributed by atoms with Gasteiger partial charge in [0.2, 0.25) is 0 Å². The molecule has 0 fully saturated rings. The van der Waals surface area contributed by atoms with Crippen molar-refractivity contribution in [2.24, 2.45) is 10.8 Å². The van der Waals surface area contributed by atoms with Gasteiger partial charge in [0.05, 0.1) is 12.2 Å². The van der Waals surface area contributed by atoms with Gasteiger partial charge in [-0.15, -0.1) is 0 Å². The van der Waals surface area contributed by atoms with Gasteiger partial charge in [-0.2, -0.15) is 0 Å². The highest BCUT2D eigenvalue weighted by atomic mass is 16.5. The third-order valence-electron chi connectivity index (χ3n) is 5.33. The van der Waals surface area contributed by atoms with Gasteiger partial charge in [-0.1, -0.05) is 45.3 Å². The second kappa shape index (κ2) is 7.91. The maximum absolute atomic E-state index is 11.6. The summed E-state index contributed by atoms with van der Waals surface area (Å²) in [6.45, 7) is 13.6. The first-order valence-electron chi connectivity index (χ1n) is 9.20. The second-order valence-corrected chi connectivity index (χ2v) is 8.06. The molecule has 0 aliphatic heterocycles. The van der Waals surface area contributed by atoms with Crippen LogP contribution < -0.4 is 0 Å². The van der Waals surface area contributed by atoms with E-state index in [1.165, 1.54) is 30.2 Å². The lowest BCUT2D eigenvalue weighted by Gasteiger charge is -2.41. The van der Waals surface area contributed by atoms with Crippen molar-refractivity contribution in [2.45, 2.75) is 54.4 Å². The second-order valence-electron chi connectivity index (χ2n) is 8.06. The molecule has 1 aliphatic carbocycles. The molecule has 3 heteroatoms. The molecule has 0 spiro atoms. The smallest absolute Gasteiger partial charge is 0.339 e. The summed E-state index contributed by atoms with van der Waals surface area (Å²) < 4.78 is 4.95. The number of ether oxygens (including phenoxy) is 1. The molecular weight excluding hydrogens is 322 g/mol. The van der Waals surface area contributed by atoms with Crippen molar-refractivity contribution >= 4 is 5.97 Å². The first-order chi connectivity index (χ1) is 12.2. The van der Waals surface area contributed by atoms with Gasteiger partial charge in [0.1, 0.15) is 5.69 Å². The predicted octanol–water partition coefficient (Wildman–Crippen LogP) is 5.33. The summed E-state index contributed by atoms with van der Waals surface area (Å²) in [5.74, 6) is 5.73. The van der Waals surface area contributed by atoms with Crippen molar-refractivity contribution in [3.05, 3.63) is 52.9 Å². The van der Waals surface area contributed by atoms with Gasteiger partial charge in [0.15, 0.2) is 0 Å². The fourth-order valence-corrected chi connectivity index (χ4v) is 3.21. The lowest BCUT2D eigenvalue weighted by molar-refractivity contribution is 0.0526. The van der Waals surface area contributed by atoms with E-state index in [1.54, 1.807) is 19.1 Å². The molecule has 138 valence electrons. The Hall–Kier alpha value is -2.34. The molecule has 1 heterocycles. The average Bonchev–Trinajstić information content (AvgIpc) is 2.59. The van der Waals surface area contributed by atoms with Gasteiger partial charge in [0.25, 0.3) is 0 Å². The van der Waals surface area contributed by atoms with E-state index in [0.29, 0.717) is 17.9 Å². The van der Waals surface area contributed by atoms with E-state index in [0.717, 1.165) is 0 Å². The van der Waals surface area contributed by atoms with Crippen molar-refractivity contribution in [3.63, 3.8) is 0 Å². The molecule has 1 aromatic rings. The maximum Gasteiger partial charge on any atom is 0.339 e. The number of pyridine rings is 1. The van der Waals surface area contributed by atoms with Crippen LogP contribution >= 0.6 is 0 Å². The fourth-order valence-electron chi connectivity index (χ4n) is 3.21. The Labute approximate surface area is 157 Å². The number of hydrogen-bond donors (Lipinski definition) is 0. The van der Waals surface area contributed by atoms with Crippen LogP contribution in [0.4, 0.5) is 0 Å². The molecular formula is C23H29NO2. The van der Waals surface area contributed by atoms with Gasteiger partial charge in [-0.25, -0.2) is 9.78 Å². The highest BCUT2D eigenvalue weighted by Gasteiger charge is 2.35. The minimum atomic E-state index is -0.357. The Kier molecular flexibility index (Phi) is 6.08. The highest BCUT2D eigenvalue weighted by Crippen LogP contribution is 2.48. The third-order valence-corrected chi connectivity index (χ3v) is 5.33. The molecule has 1 aromatic heterocycles. The number of carbonyl (C=O) groups is 1. The Balaban J connectivity index is 2.15. The molecule has 0 amide bonds. The standard InChI is InChI=1S/C23H29NO2/c1-7-26-21(25)18-12-13-19(24-16-18)10-8-9-11-20-17(2)22(3,4)14-15-23(20,5)6/h9,11-13,16H,7,14-15H2,1-6H3. The van der Waals surface area contributed by atoms with Gasteiger partial charge < -0.3 is 4.74 Å². The van der Waals surface area contributed by atoms with E-state index < -0.39 is 0 Å². The van der Waals surface area contributed by atoms with Crippen LogP contribution in [0.15, 0.2) is 41.6 Å². The van der Waals surface area contributed by atoms with E-state index in [1.807, 2.05) is 6.08 Å². The summed E-state index contributed by atoms with van der Waals surface area (Å²) in [5.41, 5.74) is 4.33. The van der Waals surface area contributed by atoms with Crippen LogP contribution in [0.1, 0.15) is 70.4 Å². The summed E-state index contributed by atoms with van der Waals surface area (Å²) in [6, 6.07) is 3.43. The average molecular weight is 351 g/mol. The molecule has 0 bridgehead atoms. The molecule has 0 atom stereocenters. The Morgan fingerprint density at radius 2 is 1.92 bits per heavy atom. The van der Waals surface area contributed by atoms with Crippen LogP contribution in [0.2, 0.25) is 0 Å². The number of nitrogens with zero attached hydrogens (tertiary/aromatic N) is 1. The van der Waals surface area contributed by atoms with E-state index in [2.05, 4.69) is 57.5 Å². The van der Waals surface area contributed by atoms with Crippen LogP contribution in [-0.4, -0.2) is 17.6 Å². The Morgan fingerprint density at radius 1 is 1.23 bits per heavy atom. The van der Waals surface area contributed by atoms with Crippen LogP contribution in [-0.2, 0) is 4.74 Å². The highest BCUT2D eigenvalue weighted by molar-refractivity contribution is 5.89. The minimum Gasteiger partial charge on any atom is -0.462 e. The molecule has 26 heavy (non-hydrogen) atoms. The monoisotopic (exact) mass is 351 g/mol. The van der Waals surface area contributed by atoms with Crippen molar-refractivity contribution in [1.29, 1.82) is 0 Å². The molecule has 3 nitrogen and oxygen atoms in total. The predicted molar refractivity (Wildman–Crippen MR) is 106 cm³/mol. The lowest BCUT2D eigenvalue weighted by Crippen LogP contribution is -2.29. The SMILES string of the molecule is CCOC(=O)c1ccc(C#CC=CC2=C(C)C(C)(C)CCC2(C)C)nc1. The van der Waals surface area contributed by atoms with Gasteiger partial charge in [-0.3, -0.25) is 0 Å². The maximum atomic E-state index is 11.6. The number of rotatable bonds is 3. The molecule has 0 radical (unpaired) electrons. The Bertz CT molecular complexity index is 784. The van der Waals surface area contributed by atoms with E-state index >= 15 is 0 Å². The molecule has 0 aromatic carbocycles.